The van der Waals surface area contributed by atoms with Crippen molar-refractivity contribution in [3.63, 3.8) is 0 Å². The van der Waals surface area contributed by atoms with Gasteiger partial charge in [-0.15, -0.1) is 6.58 Å². The molecular formula is C24H38F2O. The number of halogens is 2. The zero-order chi connectivity index (χ0) is 19.1. The molecule has 3 aliphatic rings. The average molecular weight is 381 g/mol. The van der Waals surface area contributed by atoms with Gasteiger partial charge in [-0.05, 0) is 99.9 Å². The molecule has 27 heavy (non-hydrogen) atoms. The van der Waals surface area contributed by atoms with E-state index < -0.39 is 6.08 Å². The van der Waals surface area contributed by atoms with Gasteiger partial charge in [-0.1, -0.05) is 25.3 Å². The zero-order valence-corrected chi connectivity index (χ0v) is 16.9. The Balaban J connectivity index is 1.28. The summed E-state index contributed by atoms with van der Waals surface area (Å²) in [5.74, 6) is 3.55. The Morgan fingerprint density at radius 3 is 2.04 bits per heavy atom. The van der Waals surface area contributed by atoms with E-state index in [1.807, 2.05) is 0 Å². The van der Waals surface area contributed by atoms with Crippen molar-refractivity contribution in [2.75, 3.05) is 6.61 Å². The maximum absolute atomic E-state index is 12.2. The van der Waals surface area contributed by atoms with E-state index in [4.69, 9.17) is 4.74 Å². The third-order valence-corrected chi connectivity index (χ3v) is 7.64. The topological polar surface area (TPSA) is 9.23 Å². The van der Waals surface area contributed by atoms with E-state index in [0.29, 0.717) is 18.4 Å². The third-order valence-electron chi connectivity index (χ3n) is 7.64. The van der Waals surface area contributed by atoms with Crippen LogP contribution in [0.2, 0.25) is 0 Å². The van der Waals surface area contributed by atoms with E-state index in [-0.39, 0.29) is 0 Å². The Bertz CT molecular complexity index is 461. The highest BCUT2D eigenvalue weighted by atomic mass is 19.3. The molecule has 1 nitrogen and oxygen atoms in total. The Labute approximate surface area is 164 Å². The van der Waals surface area contributed by atoms with Crippen LogP contribution in [-0.2, 0) is 4.74 Å². The van der Waals surface area contributed by atoms with E-state index in [2.05, 4.69) is 12.7 Å². The lowest BCUT2D eigenvalue weighted by atomic mass is 9.76. The van der Waals surface area contributed by atoms with Gasteiger partial charge in [0.2, 0.25) is 0 Å². The zero-order valence-electron chi connectivity index (χ0n) is 16.9. The maximum Gasteiger partial charge on any atom is 0.266 e. The standard InChI is InChI=1S/C24H38F2O/c1-2-18-9-13-22(14-10-18)23-15-11-21(17-27-23)8-7-19-3-5-20(6-4-19)12-16-24(25)26/h2,16,18-23H,1,3-15,17H2. The SMILES string of the molecule is C=CC1CCC(C2CCC(CCC3CCC(CC=C(F)F)CC3)CO2)CC1. The molecule has 3 fully saturated rings. The van der Waals surface area contributed by atoms with Gasteiger partial charge in [0.1, 0.15) is 0 Å². The fourth-order valence-electron chi connectivity index (χ4n) is 5.66. The Hall–Kier alpha value is -0.700. The number of hydrogen-bond acceptors (Lipinski definition) is 1. The molecule has 0 aromatic carbocycles. The maximum atomic E-state index is 12.2. The monoisotopic (exact) mass is 380 g/mol. The molecule has 3 rings (SSSR count). The molecule has 154 valence electrons. The van der Waals surface area contributed by atoms with E-state index in [9.17, 15) is 8.78 Å². The molecule has 2 saturated carbocycles. The van der Waals surface area contributed by atoms with Crippen LogP contribution >= 0.6 is 0 Å². The minimum absolute atomic E-state index is 0.484. The van der Waals surface area contributed by atoms with Crippen molar-refractivity contribution in [1.29, 1.82) is 0 Å². The van der Waals surface area contributed by atoms with Crippen molar-refractivity contribution in [2.24, 2.45) is 29.6 Å². The van der Waals surface area contributed by atoms with Crippen molar-refractivity contribution in [2.45, 2.75) is 89.6 Å². The Morgan fingerprint density at radius 2 is 1.44 bits per heavy atom. The summed E-state index contributed by atoms with van der Waals surface area (Å²) in [6, 6.07) is 0. The minimum Gasteiger partial charge on any atom is -0.378 e. The van der Waals surface area contributed by atoms with Gasteiger partial charge >= 0.3 is 0 Å². The number of rotatable bonds is 7. The second-order valence-corrected chi connectivity index (χ2v) is 9.42. The number of ether oxygens (including phenoxy) is 1. The molecule has 0 aromatic rings. The molecule has 2 aliphatic carbocycles. The van der Waals surface area contributed by atoms with Gasteiger partial charge in [0, 0.05) is 6.61 Å². The molecule has 0 bridgehead atoms. The van der Waals surface area contributed by atoms with Gasteiger partial charge in [0.25, 0.3) is 6.08 Å². The molecule has 3 heteroatoms. The van der Waals surface area contributed by atoms with E-state index in [1.165, 1.54) is 64.2 Å². The van der Waals surface area contributed by atoms with Crippen molar-refractivity contribution in [3.8, 4) is 0 Å². The lowest BCUT2D eigenvalue weighted by Gasteiger charge is -2.38. The quantitative estimate of drug-likeness (QED) is 0.415. The van der Waals surface area contributed by atoms with Crippen molar-refractivity contribution < 1.29 is 13.5 Å². The fourth-order valence-corrected chi connectivity index (χ4v) is 5.66. The normalized spacial score (nSPS) is 37.6. The molecule has 0 spiro atoms. The van der Waals surface area contributed by atoms with Gasteiger partial charge in [-0.3, -0.25) is 0 Å². The summed E-state index contributed by atoms with van der Waals surface area (Å²) in [5, 5.41) is 0. The van der Waals surface area contributed by atoms with Crippen molar-refractivity contribution >= 4 is 0 Å². The van der Waals surface area contributed by atoms with E-state index >= 15 is 0 Å². The van der Waals surface area contributed by atoms with Crippen molar-refractivity contribution in [3.05, 3.63) is 24.8 Å². The second kappa shape index (κ2) is 10.7. The predicted octanol–water partition coefficient (Wildman–Crippen LogP) is 7.53. The molecule has 1 aliphatic heterocycles. The summed E-state index contributed by atoms with van der Waals surface area (Å²) in [7, 11) is 0. The molecule has 2 atom stereocenters. The summed E-state index contributed by atoms with van der Waals surface area (Å²) >= 11 is 0. The van der Waals surface area contributed by atoms with E-state index in [0.717, 1.165) is 49.2 Å². The lowest BCUT2D eigenvalue weighted by molar-refractivity contribution is -0.0593. The summed E-state index contributed by atoms with van der Waals surface area (Å²) in [6.45, 7) is 4.91. The van der Waals surface area contributed by atoms with Crippen molar-refractivity contribution in [1.82, 2.24) is 0 Å². The van der Waals surface area contributed by atoms with Gasteiger partial charge in [0.15, 0.2) is 0 Å². The van der Waals surface area contributed by atoms with Gasteiger partial charge in [0.05, 0.1) is 6.10 Å². The largest absolute Gasteiger partial charge is 0.378 e. The Morgan fingerprint density at radius 1 is 0.815 bits per heavy atom. The van der Waals surface area contributed by atoms with Crippen LogP contribution in [0, 0.1) is 29.6 Å². The molecule has 1 saturated heterocycles. The van der Waals surface area contributed by atoms with Crippen LogP contribution in [0.5, 0.6) is 0 Å². The molecule has 0 amide bonds. The summed E-state index contributed by atoms with van der Waals surface area (Å²) in [4.78, 5) is 0. The first-order valence-electron chi connectivity index (χ1n) is 11.4. The molecular weight excluding hydrogens is 342 g/mol. The fraction of sp³-hybridized carbons (Fsp3) is 0.833. The molecule has 0 N–H and O–H groups in total. The first-order chi connectivity index (χ1) is 13.1. The number of hydrogen-bond donors (Lipinski definition) is 0. The molecule has 2 unspecified atom stereocenters. The van der Waals surface area contributed by atoms with Crippen LogP contribution in [0.3, 0.4) is 0 Å². The number of allylic oxidation sites excluding steroid dienone is 2. The van der Waals surface area contributed by atoms with Crippen LogP contribution in [0.25, 0.3) is 0 Å². The lowest BCUT2D eigenvalue weighted by Crippen LogP contribution is -2.34. The molecule has 0 radical (unpaired) electrons. The van der Waals surface area contributed by atoms with Crippen LogP contribution in [0.1, 0.15) is 83.5 Å². The van der Waals surface area contributed by atoms with Gasteiger partial charge in [-0.25, -0.2) is 0 Å². The Kier molecular flexibility index (Phi) is 8.36. The summed E-state index contributed by atoms with van der Waals surface area (Å²) in [5.41, 5.74) is 0. The molecule has 0 aromatic heterocycles. The second-order valence-electron chi connectivity index (χ2n) is 9.42. The minimum atomic E-state index is -1.51. The highest BCUT2D eigenvalue weighted by Crippen LogP contribution is 2.38. The summed E-state index contributed by atoms with van der Waals surface area (Å²) < 4.78 is 30.7. The first kappa shape index (κ1) is 21.0. The predicted molar refractivity (Wildman–Crippen MR) is 108 cm³/mol. The summed E-state index contributed by atoms with van der Waals surface area (Å²) in [6.07, 6.45) is 18.0. The van der Waals surface area contributed by atoms with Crippen LogP contribution in [-0.4, -0.2) is 12.7 Å². The van der Waals surface area contributed by atoms with Gasteiger partial charge in [-0.2, -0.15) is 8.78 Å². The average Bonchev–Trinajstić information content (AvgIpc) is 2.72. The third kappa shape index (κ3) is 6.69. The first-order valence-corrected chi connectivity index (χ1v) is 11.4. The molecule has 1 heterocycles. The van der Waals surface area contributed by atoms with Crippen LogP contribution in [0.4, 0.5) is 8.78 Å². The highest BCUT2D eigenvalue weighted by Gasteiger charge is 2.31. The highest BCUT2D eigenvalue weighted by molar-refractivity contribution is 4.88. The van der Waals surface area contributed by atoms with Crippen LogP contribution in [0.15, 0.2) is 24.8 Å². The smallest absolute Gasteiger partial charge is 0.266 e. The van der Waals surface area contributed by atoms with E-state index in [1.54, 1.807) is 0 Å². The van der Waals surface area contributed by atoms with Crippen LogP contribution < -0.4 is 0 Å². The van der Waals surface area contributed by atoms with Gasteiger partial charge < -0.3 is 4.74 Å².